The second-order valence-corrected chi connectivity index (χ2v) is 7.23. The van der Waals surface area contributed by atoms with E-state index in [1.807, 2.05) is 12.2 Å². The molecule has 3 aliphatic rings. The first kappa shape index (κ1) is 16.7. The average Bonchev–Trinajstić information content (AvgIpc) is 2.45. The van der Waals surface area contributed by atoms with Crippen LogP contribution in [0.15, 0.2) is 23.8 Å². The molecule has 3 rings (SSSR count). The van der Waals surface area contributed by atoms with Gasteiger partial charge >= 0.3 is 5.97 Å². The predicted octanol–water partition coefficient (Wildman–Crippen LogP) is 1.32. The molecule has 1 aliphatic heterocycles. The summed E-state index contributed by atoms with van der Waals surface area (Å²) >= 11 is 0. The zero-order chi connectivity index (χ0) is 16.6. The SMILES string of the molecule is CC1C=CC2=C[C@@H](O)C[C@H](O)[C@@H]2[C@H]1CC[C@@H]1C[C@@H](O)CC(=O)O1. The lowest BCUT2D eigenvalue weighted by atomic mass is 9.66. The molecule has 1 fully saturated rings. The Hall–Kier alpha value is -1.17. The van der Waals surface area contributed by atoms with Gasteiger partial charge in [0, 0.05) is 18.8 Å². The quantitative estimate of drug-likeness (QED) is 0.682. The Labute approximate surface area is 136 Å². The average molecular weight is 322 g/mol. The molecule has 23 heavy (non-hydrogen) atoms. The molecule has 2 aliphatic carbocycles. The Morgan fingerprint density at radius 1 is 1.22 bits per heavy atom. The number of aliphatic hydroxyl groups excluding tert-OH is 3. The maximum atomic E-state index is 11.4. The summed E-state index contributed by atoms with van der Waals surface area (Å²) in [7, 11) is 0. The molecule has 0 aromatic carbocycles. The molecular weight excluding hydrogens is 296 g/mol. The molecule has 5 nitrogen and oxygen atoms in total. The second-order valence-electron chi connectivity index (χ2n) is 7.23. The number of hydrogen-bond acceptors (Lipinski definition) is 5. The van der Waals surface area contributed by atoms with Crippen molar-refractivity contribution in [3.8, 4) is 0 Å². The Morgan fingerprint density at radius 3 is 2.74 bits per heavy atom. The minimum Gasteiger partial charge on any atom is -0.462 e. The number of allylic oxidation sites excluding steroid dienone is 2. The summed E-state index contributed by atoms with van der Waals surface area (Å²) in [5, 5.41) is 29.9. The van der Waals surface area contributed by atoms with Crippen molar-refractivity contribution in [2.75, 3.05) is 0 Å². The fourth-order valence-electron chi connectivity index (χ4n) is 4.31. The first-order chi connectivity index (χ1) is 10.9. The summed E-state index contributed by atoms with van der Waals surface area (Å²) in [4.78, 5) is 11.4. The van der Waals surface area contributed by atoms with Gasteiger partial charge in [-0.15, -0.1) is 0 Å². The zero-order valence-electron chi connectivity index (χ0n) is 13.5. The van der Waals surface area contributed by atoms with Crippen LogP contribution in [0.25, 0.3) is 0 Å². The van der Waals surface area contributed by atoms with E-state index < -0.39 is 18.3 Å². The van der Waals surface area contributed by atoms with E-state index in [-0.39, 0.29) is 30.3 Å². The molecule has 1 saturated heterocycles. The van der Waals surface area contributed by atoms with Gasteiger partial charge in [-0.05, 0) is 30.3 Å². The molecule has 3 N–H and O–H groups in total. The zero-order valence-corrected chi connectivity index (χ0v) is 13.5. The molecule has 1 unspecified atom stereocenters. The summed E-state index contributed by atoms with van der Waals surface area (Å²) < 4.78 is 5.33. The number of fused-ring (bicyclic) bond motifs is 1. The van der Waals surface area contributed by atoms with Crippen molar-refractivity contribution in [3.05, 3.63) is 23.8 Å². The van der Waals surface area contributed by atoms with E-state index in [1.54, 1.807) is 0 Å². The van der Waals surface area contributed by atoms with Crippen molar-refractivity contribution >= 4 is 5.97 Å². The monoisotopic (exact) mass is 322 g/mol. The van der Waals surface area contributed by atoms with Gasteiger partial charge in [-0.3, -0.25) is 4.79 Å². The molecule has 0 radical (unpaired) electrons. The second kappa shape index (κ2) is 6.75. The van der Waals surface area contributed by atoms with Crippen LogP contribution in [-0.4, -0.2) is 45.7 Å². The highest BCUT2D eigenvalue weighted by molar-refractivity contribution is 5.70. The minimum absolute atomic E-state index is 0.0302. The van der Waals surface area contributed by atoms with Gasteiger partial charge in [0.15, 0.2) is 0 Å². The van der Waals surface area contributed by atoms with Crippen LogP contribution in [0.1, 0.15) is 39.0 Å². The van der Waals surface area contributed by atoms with Crippen molar-refractivity contribution in [1.82, 2.24) is 0 Å². The van der Waals surface area contributed by atoms with Crippen molar-refractivity contribution in [2.24, 2.45) is 17.8 Å². The van der Waals surface area contributed by atoms with Crippen LogP contribution in [0.2, 0.25) is 0 Å². The Balaban J connectivity index is 1.67. The van der Waals surface area contributed by atoms with Gasteiger partial charge in [0.1, 0.15) is 6.10 Å². The summed E-state index contributed by atoms with van der Waals surface area (Å²) in [6.45, 7) is 2.14. The lowest BCUT2D eigenvalue weighted by Gasteiger charge is -2.41. The number of aliphatic hydroxyl groups is 3. The van der Waals surface area contributed by atoms with E-state index in [4.69, 9.17) is 4.74 Å². The molecule has 0 spiro atoms. The topological polar surface area (TPSA) is 87.0 Å². The number of hydrogen-bond donors (Lipinski definition) is 3. The highest BCUT2D eigenvalue weighted by atomic mass is 16.5. The van der Waals surface area contributed by atoms with E-state index in [2.05, 4.69) is 13.0 Å². The molecule has 7 atom stereocenters. The Kier molecular flexibility index (Phi) is 4.90. The first-order valence-electron chi connectivity index (χ1n) is 8.57. The van der Waals surface area contributed by atoms with E-state index in [1.165, 1.54) is 0 Å². The van der Waals surface area contributed by atoms with E-state index in [9.17, 15) is 20.1 Å². The van der Waals surface area contributed by atoms with Crippen LogP contribution in [0.3, 0.4) is 0 Å². The van der Waals surface area contributed by atoms with Gasteiger partial charge in [-0.1, -0.05) is 25.2 Å². The third-order valence-corrected chi connectivity index (χ3v) is 5.45. The summed E-state index contributed by atoms with van der Waals surface area (Å²) in [5.74, 6) is 0.284. The Bertz CT molecular complexity index is 512. The summed E-state index contributed by atoms with van der Waals surface area (Å²) in [6.07, 6.45) is 6.52. The van der Waals surface area contributed by atoms with Crippen LogP contribution in [0, 0.1) is 17.8 Å². The van der Waals surface area contributed by atoms with Crippen LogP contribution in [0.4, 0.5) is 0 Å². The molecule has 0 saturated carbocycles. The number of carbonyl (C=O) groups excluding carboxylic acids is 1. The van der Waals surface area contributed by atoms with Crippen molar-refractivity contribution < 1.29 is 24.9 Å². The van der Waals surface area contributed by atoms with E-state index >= 15 is 0 Å². The van der Waals surface area contributed by atoms with E-state index in [0.717, 1.165) is 12.0 Å². The van der Waals surface area contributed by atoms with Crippen molar-refractivity contribution in [3.63, 3.8) is 0 Å². The summed E-state index contributed by atoms with van der Waals surface area (Å²) in [5.41, 5.74) is 1.01. The van der Waals surface area contributed by atoms with Crippen LogP contribution in [0.5, 0.6) is 0 Å². The first-order valence-corrected chi connectivity index (χ1v) is 8.57. The maximum Gasteiger partial charge on any atom is 0.308 e. The standard InChI is InChI=1S/C18H26O5/c1-10-2-3-11-6-12(19)8-16(21)18(11)15(10)5-4-14-7-13(20)9-17(22)23-14/h2-3,6,10,12-16,18-21H,4-5,7-9H2,1H3/t10?,12-,13-,14-,15+,16+,18+/m1/s1. The molecule has 128 valence electrons. The molecular formula is C18H26O5. The maximum absolute atomic E-state index is 11.4. The number of esters is 1. The number of cyclic esters (lactones) is 1. The summed E-state index contributed by atoms with van der Waals surface area (Å²) in [6, 6.07) is 0. The Morgan fingerprint density at radius 2 is 2.00 bits per heavy atom. The van der Waals surface area contributed by atoms with Gasteiger partial charge in [0.2, 0.25) is 0 Å². The molecule has 5 heteroatoms. The molecule has 1 heterocycles. The van der Waals surface area contributed by atoms with Crippen LogP contribution in [-0.2, 0) is 9.53 Å². The van der Waals surface area contributed by atoms with Crippen molar-refractivity contribution in [1.29, 1.82) is 0 Å². The highest BCUT2D eigenvalue weighted by Gasteiger charge is 2.39. The molecule has 0 bridgehead atoms. The number of carbonyl (C=O) groups is 1. The number of rotatable bonds is 3. The smallest absolute Gasteiger partial charge is 0.308 e. The van der Waals surface area contributed by atoms with Gasteiger partial charge < -0.3 is 20.1 Å². The fraction of sp³-hybridized carbons (Fsp3) is 0.722. The third-order valence-electron chi connectivity index (χ3n) is 5.45. The lowest BCUT2D eigenvalue weighted by molar-refractivity contribution is -0.160. The number of ether oxygens (including phenoxy) is 1. The fourth-order valence-corrected chi connectivity index (χ4v) is 4.31. The highest BCUT2D eigenvalue weighted by Crippen LogP contribution is 2.42. The lowest BCUT2D eigenvalue weighted by Crippen LogP contribution is -2.40. The van der Waals surface area contributed by atoms with Gasteiger partial charge in [0.05, 0.1) is 24.7 Å². The minimum atomic E-state index is -0.601. The van der Waals surface area contributed by atoms with Gasteiger partial charge in [0.25, 0.3) is 0 Å². The van der Waals surface area contributed by atoms with Gasteiger partial charge in [-0.2, -0.15) is 0 Å². The largest absolute Gasteiger partial charge is 0.462 e. The van der Waals surface area contributed by atoms with Crippen molar-refractivity contribution in [2.45, 2.75) is 63.4 Å². The molecule has 0 amide bonds. The predicted molar refractivity (Wildman–Crippen MR) is 84.4 cm³/mol. The van der Waals surface area contributed by atoms with Crippen LogP contribution >= 0.6 is 0 Å². The molecule has 0 aromatic rings. The molecule has 0 aromatic heterocycles. The van der Waals surface area contributed by atoms with Crippen LogP contribution < -0.4 is 0 Å². The third kappa shape index (κ3) is 3.67. The van der Waals surface area contributed by atoms with Gasteiger partial charge in [-0.25, -0.2) is 0 Å². The van der Waals surface area contributed by atoms with E-state index in [0.29, 0.717) is 25.2 Å². The normalized spacial score (nSPS) is 43.6.